The van der Waals surface area contributed by atoms with E-state index in [0.717, 1.165) is 10.0 Å². The van der Waals surface area contributed by atoms with Crippen LogP contribution in [0.4, 0.5) is 5.69 Å². The molecular formula is C23H18BrN3O5. The van der Waals surface area contributed by atoms with Gasteiger partial charge in [-0.05, 0) is 35.9 Å². The monoisotopic (exact) mass is 495 g/mol. The van der Waals surface area contributed by atoms with Crippen LogP contribution in [0.5, 0.6) is 5.75 Å². The Hall–Kier alpha value is -3.72. The van der Waals surface area contributed by atoms with Crippen molar-refractivity contribution in [2.75, 3.05) is 0 Å². The summed E-state index contributed by atoms with van der Waals surface area (Å²) in [5.74, 6) is 0.326. The number of nitro benzene ring substituents is 1. The summed E-state index contributed by atoms with van der Waals surface area (Å²) in [6.07, 6.45) is -0.861. The molecule has 1 aliphatic rings. The molecule has 4 rings (SSSR count). The van der Waals surface area contributed by atoms with E-state index in [2.05, 4.69) is 21.0 Å². The third-order valence-corrected chi connectivity index (χ3v) is 5.23. The lowest BCUT2D eigenvalue weighted by molar-refractivity contribution is -0.384. The molecule has 0 bridgehead atoms. The van der Waals surface area contributed by atoms with E-state index < -0.39 is 11.2 Å². The third-order valence-electron chi connectivity index (χ3n) is 4.74. The van der Waals surface area contributed by atoms with Gasteiger partial charge >= 0.3 is 0 Å². The van der Waals surface area contributed by atoms with Crippen LogP contribution in [0.2, 0.25) is 0 Å². The Morgan fingerprint density at radius 1 is 1.16 bits per heavy atom. The number of benzene rings is 3. The van der Waals surface area contributed by atoms with Gasteiger partial charge in [0.2, 0.25) is 18.0 Å². The van der Waals surface area contributed by atoms with Crippen molar-refractivity contribution >= 4 is 33.4 Å². The van der Waals surface area contributed by atoms with Crippen LogP contribution < -0.4 is 4.74 Å². The van der Waals surface area contributed by atoms with Crippen molar-refractivity contribution in [2.24, 2.45) is 5.10 Å². The fourth-order valence-electron chi connectivity index (χ4n) is 3.24. The largest absolute Gasteiger partial charge is 0.488 e. The number of non-ortho nitro benzene ring substituents is 1. The molecule has 0 radical (unpaired) electrons. The van der Waals surface area contributed by atoms with E-state index in [1.165, 1.54) is 24.1 Å². The smallest absolute Gasteiger partial charge is 0.270 e. The van der Waals surface area contributed by atoms with Crippen molar-refractivity contribution in [1.29, 1.82) is 0 Å². The van der Waals surface area contributed by atoms with E-state index in [1.807, 2.05) is 36.4 Å². The number of ether oxygens (including phenoxy) is 2. The van der Waals surface area contributed by atoms with Gasteiger partial charge in [0.1, 0.15) is 12.4 Å². The SMILES string of the molecule is CC(=O)N1N=C(c2cccc([N+](=O)[O-])c2)O[C@@H]1c1ccccc1OCc1cccc(Br)c1. The van der Waals surface area contributed by atoms with Crippen LogP contribution in [-0.2, 0) is 16.1 Å². The second-order valence-corrected chi connectivity index (χ2v) is 7.92. The highest BCUT2D eigenvalue weighted by Crippen LogP contribution is 2.36. The summed E-state index contributed by atoms with van der Waals surface area (Å²) in [4.78, 5) is 22.9. The molecule has 162 valence electrons. The molecule has 0 saturated carbocycles. The van der Waals surface area contributed by atoms with E-state index in [4.69, 9.17) is 9.47 Å². The van der Waals surface area contributed by atoms with Crippen molar-refractivity contribution in [1.82, 2.24) is 5.01 Å². The quantitative estimate of drug-likeness (QED) is 0.347. The van der Waals surface area contributed by atoms with Crippen LogP contribution in [0.15, 0.2) is 82.4 Å². The van der Waals surface area contributed by atoms with E-state index in [9.17, 15) is 14.9 Å². The van der Waals surface area contributed by atoms with Crippen molar-refractivity contribution in [2.45, 2.75) is 19.8 Å². The summed E-state index contributed by atoms with van der Waals surface area (Å²) < 4.78 is 13.0. The molecule has 0 aromatic heterocycles. The lowest BCUT2D eigenvalue weighted by atomic mass is 10.1. The second-order valence-electron chi connectivity index (χ2n) is 7.00. The summed E-state index contributed by atoms with van der Waals surface area (Å²) >= 11 is 3.45. The number of para-hydroxylation sites is 1. The van der Waals surface area contributed by atoms with E-state index >= 15 is 0 Å². The van der Waals surface area contributed by atoms with Crippen molar-refractivity contribution < 1.29 is 19.2 Å². The molecule has 1 amide bonds. The average molecular weight is 496 g/mol. The standard InChI is InChI=1S/C23H18BrN3O5/c1-15(28)26-23(32-22(25-26)17-7-5-9-19(13-17)27(29)30)20-10-2-3-11-21(20)31-14-16-6-4-8-18(24)12-16/h2-13,23H,14H2,1H3/t23-/m1/s1. The van der Waals surface area contributed by atoms with Crippen LogP contribution in [-0.4, -0.2) is 21.7 Å². The van der Waals surface area contributed by atoms with Crippen molar-refractivity contribution in [3.8, 4) is 5.75 Å². The minimum absolute atomic E-state index is 0.0932. The molecule has 0 N–H and O–H groups in total. The summed E-state index contributed by atoms with van der Waals surface area (Å²) in [6, 6.07) is 20.9. The van der Waals surface area contributed by atoms with Gasteiger partial charge < -0.3 is 9.47 Å². The molecule has 1 atom stereocenters. The minimum Gasteiger partial charge on any atom is -0.488 e. The van der Waals surface area contributed by atoms with Crippen LogP contribution in [0, 0.1) is 10.1 Å². The summed E-state index contributed by atoms with van der Waals surface area (Å²) in [6.45, 7) is 1.70. The number of nitro groups is 1. The highest BCUT2D eigenvalue weighted by Gasteiger charge is 2.35. The first kappa shape index (κ1) is 21.5. The van der Waals surface area contributed by atoms with Gasteiger partial charge in [-0.2, -0.15) is 5.01 Å². The Morgan fingerprint density at radius 2 is 1.94 bits per heavy atom. The Labute approximate surface area is 192 Å². The summed E-state index contributed by atoms with van der Waals surface area (Å²) in [5, 5.41) is 16.6. The number of hydrogen-bond donors (Lipinski definition) is 0. The first-order chi connectivity index (χ1) is 15.4. The predicted octanol–water partition coefficient (Wildman–Crippen LogP) is 5.18. The molecule has 0 aliphatic carbocycles. The second kappa shape index (κ2) is 9.19. The maximum absolute atomic E-state index is 12.3. The van der Waals surface area contributed by atoms with E-state index in [-0.39, 0.29) is 17.5 Å². The zero-order valence-corrected chi connectivity index (χ0v) is 18.6. The molecular weight excluding hydrogens is 478 g/mol. The highest BCUT2D eigenvalue weighted by atomic mass is 79.9. The number of carbonyl (C=O) groups is 1. The normalized spacial score (nSPS) is 15.1. The van der Waals surface area contributed by atoms with Gasteiger partial charge in [-0.15, -0.1) is 5.10 Å². The fourth-order valence-corrected chi connectivity index (χ4v) is 3.69. The molecule has 3 aromatic rings. The van der Waals surface area contributed by atoms with Crippen LogP contribution in [0.3, 0.4) is 0 Å². The van der Waals surface area contributed by atoms with E-state index in [0.29, 0.717) is 23.5 Å². The molecule has 3 aromatic carbocycles. The Morgan fingerprint density at radius 3 is 2.69 bits per heavy atom. The molecule has 0 unspecified atom stereocenters. The number of amides is 1. The average Bonchev–Trinajstić information content (AvgIpc) is 3.24. The van der Waals surface area contributed by atoms with Crippen LogP contribution in [0.25, 0.3) is 0 Å². The minimum atomic E-state index is -0.861. The van der Waals surface area contributed by atoms with Crippen LogP contribution >= 0.6 is 15.9 Å². The molecule has 1 heterocycles. The Bertz CT molecular complexity index is 1210. The third kappa shape index (κ3) is 4.62. The van der Waals surface area contributed by atoms with Gasteiger partial charge in [0, 0.05) is 29.1 Å². The molecule has 9 heteroatoms. The number of halogens is 1. The molecule has 8 nitrogen and oxygen atoms in total. The van der Waals surface area contributed by atoms with Gasteiger partial charge in [0.15, 0.2) is 0 Å². The zero-order valence-electron chi connectivity index (χ0n) is 17.0. The maximum Gasteiger partial charge on any atom is 0.270 e. The molecule has 0 saturated heterocycles. The first-order valence-electron chi connectivity index (χ1n) is 9.68. The first-order valence-corrected chi connectivity index (χ1v) is 10.5. The van der Waals surface area contributed by atoms with Crippen LogP contribution in [0.1, 0.15) is 29.8 Å². The number of nitrogens with zero attached hydrogens (tertiary/aromatic N) is 3. The Kier molecular flexibility index (Phi) is 6.18. The van der Waals surface area contributed by atoms with Crippen molar-refractivity contribution in [3.05, 3.63) is 104 Å². The fraction of sp³-hybridized carbons (Fsp3) is 0.130. The maximum atomic E-state index is 12.3. The van der Waals surface area contributed by atoms with Gasteiger partial charge in [0.25, 0.3) is 5.69 Å². The summed E-state index contributed by atoms with van der Waals surface area (Å²) in [5.41, 5.74) is 1.89. The van der Waals surface area contributed by atoms with Gasteiger partial charge in [0.05, 0.1) is 10.5 Å². The molecule has 32 heavy (non-hydrogen) atoms. The van der Waals surface area contributed by atoms with Gasteiger partial charge in [-0.1, -0.05) is 46.3 Å². The van der Waals surface area contributed by atoms with Crippen molar-refractivity contribution in [3.63, 3.8) is 0 Å². The topological polar surface area (TPSA) is 94.3 Å². The number of rotatable bonds is 6. The number of carbonyl (C=O) groups excluding carboxylic acids is 1. The van der Waals surface area contributed by atoms with E-state index in [1.54, 1.807) is 24.3 Å². The zero-order chi connectivity index (χ0) is 22.7. The molecule has 1 aliphatic heterocycles. The lowest BCUT2D eigenvalue weighted by Gasteiger charge is -2.22. The molecule has 0 fully saturated rings. The summed E-state index contributed by atoms with van der Waals surface area (Å²) in [7, 11) is 0. The van der Waals surface area contributed by atoms with Gasteiger partial charge in [-0.3, -0.25) is 14.9 Å². The predicted molar refractivity (Wildman–Crippen MR) is 121 cm³/mol. The molecule has 0 spiro atoms. The number of hydrazone groups is 1. The lowest BCUT2D eigenvalue weighted by Crippen LogP contribution is -2.25. The van der Waals surface area contributed by atoms with Gasteiger partial charge in [-0.25, -0.2) is 0 Å². The Balaban J connectivity index is 1.61. The number of hydrogen-bond acceptors (Lipinski definition) is 6. The highest BCUT2D eigenvalue weighted by molar-refractivity contribution is 9.10.